The molecule has 3 rings (SSSR count). The van der Waals surface area contributed by atoms with E-state index < -0.39 is 0 Å². The molecule has 1 aromatic carbocycles. The third kappa shape index (κ3) is 5.61. The van der Waals surface area contributed by atoms with Crippen LogP contribution in [-0.4, -0.2) is 49.1 Å². The van der Waals surface area contributed by atoms with Crippen molar-refractivity contribution in [3.05, 3.63) is 48.2 Å². The van der Waals surface area contributed by atoms with Gasteiger partial charge in [0, 0.05) is 19.3 Å². The zero-order valence-electron chi connectivity index (χ0n) is 15.8. The summed E-state index contributed by atoms with van der Waals surface area (Å²) in [7, 11) is 1.64. The number of amides is 1. The topological polar surface area (TPSA) is 63.7 Å². The van der Waals surface area contributed by atoms with E-state index in [1.165, 1.54) is 12.8 Å². The quantitative estimate of drug-likeness (QED) is 0.756. The van der Waals surface area contributed by atoms with Gasteiger partial charge >= 0.3 is 0 Å². The number of benzene rings is 1. The molecule has 1 aliphatic rings. The number of carbonyl (C=O) groups is 1. The van der Waals surface area contributed by atoms with Crippen molar-refractivity contribution in [2.45, 2.75) is 25.7 Å². The van der Waals surface area contributed by atoms with Crippen LogP contribution in [0.4, 0.5) is 5.82 Å². The van der Waals surface area contributed by atoms with Crippen molar-refractivity contribution in [1.82, 2.24) is 9.88 Å². The van der Waals surface area contributed by atoms with Gasteiger partial charge in [0.05, 0.1) is 19.2 Å². The predicted octanol–water partition coefficient (Wildman–Crippen LogP) is 3.60. The lowest BCUT2D eigenvalue weighted by molar-refractivity contribution is 0.0761. The minimum absolute atomic E-state index is 0.0822. The van der Waals surface area contributed by atoms with Gasteiger partial charge in [0.15, 0.2) is 0 Å². The van der Waals surface area contributed by atoms with Gasteiger partial charge in [-0.2, -0.15) is 0 Å². The Morgan fingerprint density at radius 2 is 1.74 bits per heavy atom. The maximum absolute atomic E-state index is 12.6. The molecule has 144 valence electrons. The second kappa shape index (κ2) is 9.80. The van der Waals surface area contributed by atoms with Crippen LogP contribution in [0, 0.1) is 0 Å². The summed E-state index contributed by atoms with van der Waals surface area (Å²) in [5, 5.41) is 3.21. The average molecular weight is 369 g/mol. The van der Waals surface area contributed by atoms with Gasteiger partial charge in [-0.25, -0.2) is 4.98 Å². The van der Waals surface area contributed by atoms with Crippen LogP contribution >= 0.6 is 0 Å². The minimum atomic E-state index is 0.0822. The van der Waals surface area contributed by atoms with Gasteiger partial charge in [0.1, 0.15) is 23.9 Å². The van der Waals surface area contributed by atoms with E-state index in [2.05, 4.69) is 10.3 Å². The van der Waals surface area contributed by atoms with Gasteiger partial charge in [-0.1, -0.05) is 12.8 Å². The third-order valence-electron chi connectivity index (χ3n) is 4.64. The molecular formula is C21H27N3O3. The molecule has 0 atom stereocenters. The molecule has 0 saturated carbocycles. The second-order valence-electron chi connectivity index (χ2n) is 6.59. The molecule has 27 heavy (non-hydrogen) atoms. The standard InChI is InChI=1S/C21H27N3O3/c1-26-18-7-9-19(10-8-18)27-15-12-22-20-11-6-17(16-23-20)21(25)24-13-4-2-3-5-14-24/h6-11,16H,2-5,12-15H2,1H3,(H,22,23). The number of nitrogens with one attached hydrogen (secondary N) is 1. The van der Waals surface area contributed by atoms with Crippen LogP contribution in [0.2, 0.25) is 0 Å². The largest absolute Gasteiger partial charge is 0.497 e. The molecule has 1 aromatic heterocycles. The Bertz CT molecular complexity index is 708. The number of hydrogen-bond donors (Lipinski definition) is 1. The normalized spacial score (nSPS) is 14.3. The Labute approximate surface area is 160 Å². The lowest BCUT2D eigenvalue weighted by Gasteiger charge is -2.20. The monoisotopic (exact) mass is 369 g/mol. The Morgan fingerprint density at radius 3 is 2.37 bits per heavy atom. The maximum Gasteiger partial charge on any atom is 0.255 e. The van der Waals surface area contributed by atoms with E-state index in [1.807, 2.05) is 41.3 Å². The van der Waals surface area contributed by atoms with Crippen molar-refractivity contribution in [2.24, 2.45) is 0 Å². The summed E-state index contributed by atoms with van der Waals surface area (Å²) in [4.78, 5) is 18.9. The van der Waals surface area contributed by atoms with Crippen molar-refractivity contribution >= 4 is 11.7 Å². The van der Waals surface area contributed by atoms with Crippen molar-refractivity contribution in [1.29, 1.82) is 0 Å². The smallest absolute Gasteiger partial charge is 0.255 e. The number of likely N-dealkylation sites (tertiary alicyclic amines) is 1. The van der Waals surface area contributed by atoms with E-state index in [-0.39, 0.29) is 5.91 Å². The molecule has 1 fully saturated rings. The number of nitrogens with zero attached hydrogens (tertiary/aromatic N) is 2. The summed E-state index contributed by atoms with van der Waals surface area (Å²) in [5.41, 5.74) is 0.650. The highest BCUT2D eigenvalue weighted by atomic mass is 16.5. The van der Waals surface area contributed by atoms with Crippen LogP contribution in [0.25, 0.3) is 0 Å². The van der Waals surface area contributed by atoms with E-state index in [0.29, 0.717) is 18.7 Å². The molecule has 0 bridgehead atoms. The Kier molecular flexibility index (Phi) is 6.90. The molecule has 2 aromatic rings. The predicted molar refractivity (Wildman–Crippen MR) is 106 cm³/mol. The summed E-state index contributed by atoms with van der Waals surface area (Å²) in [6.45, 7) is 2.84. The number of rotatable bonds is 7. The van der Waals surface area contributed by atoms with Crippen LogP contribution in [0.1, 0.15) is 36.0 Å². The van der Waals surface area contributed by atoms with Crippen LogP contribution in [0.3, 0.4) is 0 Å². The van der Waals surface area contributed by atoms with E-state index in [0.717, 1.165) is 43.2 Å². The molecule has 6 nitrogen and oxygen atoms in total. The highest BCUT2D eigenvalue weighted by Gasteiger charge is 2.17. The van der Waals surface area contributed by atoms with Crippen LogP contribution in [-0.2, 0) is 0 Å². The zero-order valence-corrected chi connectivity index (χ0v) is 15.8. The van der Waals surface area contributed by atoms with Crippen molar-refractivity contribution < 1.29 is 14.3 Å². The van der Waals surface area contributed by atoms with Gasteiger partial charge in [-0.3, -0.25) is 4.79 Å². The summed E-state index contributed by atoms with van der Waals surface area (Å²) < 4.78 is 10.8. The lowest BCUT2D eigenvalue weighted by Crippen LogP contribution is -2.31. The number of hydrogen-bond acceptors (Lipinski definition) is 5. The summed E-state index contributed by atoms with van der Waals surface area (Å²) in [5.74, 6) is 2.42. The molecule has 1 saturated heterocycles. The maximum atomic E-state index is 12.6. The van der Waals surface area contributed by atoms with E-state index >= 15 is 0 Å². The summed E-state index contributed by atoms with van der Waals surface area (Å²) in [6.07, 6.45) is 6.26. The molecule has 0 spiro atoms. The van der Waals surface area contributed by atoms with Crippen LogP contribution in [0.5, 0.6) is 11.5 Å². The Hall–Kier alpha value is -2.76. The minimum Gasteiger partial charge on any atom is -0.497 e. The molecule has 1 N–H and O–H groups in total. The number of anilines is 1. The molecule has 1 aliphatic heterocycles. The fourth-order valence-electron chi connectivity index (χ4n) is 3.10. The number of pyridine rings is 1. The molecular weight excluding hydrogens is 342 g/mol. The van der Waals surface area contributed by atoms with Crippen molar-refractivity contribution in [3.8, 4) is 11.5 Å². The van der Waals surface area contributed by atoms with Gasteiger partial charge in [0.2, 0.25) is 0 Å². The molecule has 0 radical (unpaired) electrons. The average Bonchev–Trinajstić information content (AvgIpc) is 3.01. The fraction of sp³-hybridized carbons (Fsp3) is 0.429. The zero-order chi connectivity index (χ0) is 18.9. The number of carbonyl (C=O) groups excluding carboxylic acids is 1. The number of aromatic nitrogens is 1. The molecule has 6 heteroatoms. The molecule has 0 aliphatic carbocycles. The number of ether oxygens (including phenoxy) is 2. The van der Waals surface area contributed by atoms with Crippen LogP contribution < -0.4 is 14.8 Å². The van der Waals surface area contributed by atoms with E-state index in [9.17, 15) is 4.79 Å². The Morgan fingerprint density at radius 1 is 1.04 bits per heavy atom. The van der Waals surface area contributed by atoms with Crippen LogP contribution in [0.15, 0.2) is 42.6 Å². The first kappa shape index (κ1) is 19.0. The molecule has 1 amide bonds. The summed E-state index contributed by atoms with van der Waals surface area (Å²) >= 11 is 0. The second-order valence-corrected chi connectivity index (χ2v) is 6.59. The fourth-order valence-corrected chi connectivity index (χ4v) is 3.10. The Balaban J connectivity index is 1.43. The first-order valence-corrected chi connectivity index (χ1v) is 9.52. The van der Waals surface area contributed by atoms with E-state index in [1.54, 1.807) is 13.3 Å². The first-order valence-electron chi connectivity index (χ1n) is 9.52. The van der Waals surface area contributed by atoms with Gasteiger partial charge in [-0.05, 0) is 49.2 Å². The van der Waals surface area contributed by atoms with Crippen molar-refractivity contribution in [2.75, 3.05) is 38.7 Å². The number of methoxy groups -OCH3 is 1. The van der Waals surface area contributed by atoms with Crippen molar-refractivity contribution in [3.63, 3.8) is 0 Å². The molecule has 0 unspecified atom stereocenters. The van der Waals surface area contributed by atoms with Gasteiger partial charge in [0.25, 0.3) is 5.91 Å². The molecule has 2 heterocycles. The lowest BCUT2D eigenvalue weighted by atomic mass is 10.2. The van der Waals surface area contributed by atoms with Gasteiger partial charge < -0.3 is 19.7 Å². The van der Waals surface area contributed by atoms with E-state index in [4.69, 9.17) is 9.47 Å². The highest BCUT2D eigenvalue weighted by Crippen LogP contribution is 2.17. The SMILES string of the molecule is COc1ccc(OCCNc2ccc(C(=O)N3CCCCCC3)cn2)cc1. The third-order valence-corrected chi connectivity index (χ3v) is 4.64. The van der Waals surface area contributed by atoms with Gasteiger partial charge in [-0.15, -0.1) is 0 Å². The highest BCUT2D eigenvalue weighted by molar-refractivity contribution is 5.94. The first-order chi connectivity index (χ1) is 13.3. The summed E-state index contributed by atoms with van der Waals surface area (Å²) in [6, 6.07) is 11.2.